The zero-order valence-electron chi connectivity index (χ0n) is 16.8. The molecule has 0 aliphatic carbocycles. The van der Waals surface area contributed by atoms with Crippen LogP contribution < -0.4 is 4.74 Å². The smallest absolute Gasteiger partial charge is 0.227 e. The summed E-state index contributed by atoms with van der Waals surface area (Å²) in [6.45, 7) is 4.88. The van der Waals surface area contributed by atoms with E-state index < -0.39 is 0 Å². The molecule has 0 bridgehead atoms. The van der Waals surface area contributed by atoms with Crippen molar-refractivity contribution in [3.8, 4) is 5.75 Å². The van der Waals surface area contributed by atoms with Crippen molar-refractivity contribution in [3.63, 3.8) is 0 Å². The van der Waals surface area contributed by atoms with Crippen LogP contribution in [-0.2, 0) is 22.4 Å². The van der Waals surface area contributed by atoms with Gasteiger partial charge in [0.05, 0.1) is 19.4 Å². The van der Waals surface area contributed by atoms with Crippen molar-refractivity contribution in [1.29, 1.82) is 0 Å². The van der Waals surface area contributed by atoms with Crippen LogP contribution in [0.2, 0.25) is 0 Å². The lowest BCUT2D eigenvalue weighted by molar-refractivity contribution is -0.132. The van der Waals surface area contributed by atoms with Crippen LogP contribution in [0.25, 0.3) is 0 Å². The van der Waals surface area contributed by atoms with Crippen molar-refractivity contribution in [2.24, 2.45) is 0 Å². The normalized spacial score (nSPS) is 14.4. The first kappa shape index (κ1) is 20.8. The van der Waals surface area contributed by atoms with E-state index in [1.54, 1.807) is 17.0 Å². The van der Waals surface area contributed by atoms with Crippen molar-refractivity contribution < 1.29 is 18.7 Å². The molecular weight excluding hydrogens is 371 g/mol. The third-order valence-electron chi connectivity index (χ3n) is 5.06. The first-order chi connectivity index (χ1) is 14.0. The molecule has 1 aliphatic rings. The molecule has 0 aromatic heterocycles. The number of hydrogen-bond acceptors (Lipinski definition) is 3. The summed E-state index contributed by atoms with van der Waals surface area (Å²) >= 11 is 0. The number of carbonyl (C=O) groups excluding carboxylic acids is 2. The van der Waals surface area contributed by atoms with Gasteiger partial charge in [0, 0.05) is 26.2 Å². The molecule has 1 saturated heterocycles. The van der Waals surface area contributed by atoms with Gasteiger partial charge < -0.3 is 14.5 Å². The van der Waals surface area contributed by atoms with Crippen LogP contribution in [-0.4, -0.2) is 54.4 Å². The molecule has 2 aromatic rings. The van der Waals surface area contributed by atoms with Gasteiger partial charge in [0.25, 0.3) is 0 Å². The fraction of sp³-hybridized carbons (Fsp3) is 0.391. The standard InChI is InChI=1S/C23H27FN2O3/c1-2-29-21-10-6-19(7-11-21)17-23(28)26-13-3-12-25(14-15-26)22(27)16-18-4-8-20(24)9-5-18/h4-11H,2-3,12-17H2,1H3. The zero-order chi connectivity index (χ0) is 20.6. The molecule has 0 spiro atoms. The van der Waals surface area contributed by atoms with Crippen LogP contribution in [0.15, 0.2) is 48.5 Å². The Kier molecular flexibility index (Phi) is 7.22. The number of carbonyl (C=O) groups is 2. The van der Waals surface area contributed by atoms with Crippen LogP contribution in [0.1, 0.15) is 24.5 Å². The van der Waals surface area contributed by atoms with Gasteiger partial charge in [0.2, 0.25) is 11.8 Å². The molecule has 2 aromatic carbocycles. The van der Waals surface area contributed by atoms with E-state index in [0.29, 0.717) is 39.2 Å². The minimum absolute atomic E-state index is 0.0115. The van der Waals surface area contributed by atoms with Crippen molar-refractivity contribution in [2.75, 3.05) is 32.8 Å². The van der Waals surface area contributed by atoms with Crippen molar-refractivity contribution in [1.82, 2.24) is 9.80 Å². The number of nitrogens with zero attached hydrogens (tertiary/aromatic N) is 2. The maximum absolute atomic E-state index is 13.0. The summed E-state index contributed by atoms with van der Waals surface area (Å²) in [7, 11) is 0. The molecule has 29 heavy (non-hydrogen) atoms. The summed E-state index contributed by atoms with van der Waals surface area (Å²) in [6.07, 6.45) is 1.35. The van der Waals surface area contributed by atoms with Gasteiger partial charge in [-0.2, -0.15) is 0 Å². The Balaban J connectivity index is 1.51. The topological polar surface area (TPSA) is 49.9 Å². The molecule has 0 saturated carbocycles. The maximum Gasteiger partial charge on any atom is 0.227 e. The molecule has 2 amide bonds. The Morgan fingerprint density at radius 2 is 1.31 bits per heavy atom. The number of ether oxygens (including phenoxy) is 1. The second kappa shape index (κ2) is 10.0. The Morgan fingerprint density at radius 1 is 0.828 bits per heavy atom. The lowest BCUT2D eigenvalue weighted by Gasteiger charge is -2.22. The SMILES string of the molecule is CCOc1ccc(CC(=O)N2CCCN(C(=O)Cc3ccc(F)cc3)CC2)cc1. The fourth-order valence-corrected chi connectivity index (χ4v) is 3.46. The molecule has 0 atom stereocenters. The van der Waals surface area contributed by atoms with Crippen LogP contribution in [0, 0.1) is 5.82 Å². The summed E-state index contributed by atoms with van der Waals surface area (Å²) < 4.78 is 18.5. The van der Waals surface area contributed by atoms with Gasteiger partial charge >= 0.3 is 0 Å². The molecule has 154 valence electrons. The Hall–Kier alpha value is -2.89. The summed E-state index contributed by atoms with van der Waals surface area (Å²) in [5, 5.41) is 0. The van der Waals surface area contributed by atoms with E-state index in [0.717, 1.165) is 23.3 Å². The minimum atomic E-state index is -0.308. The van der Waals surface area contributed by atoms with Gasteiger partial charge in [-0.15, -0.1) is 0 Å². The quantitative estimate of drug-likeness (QED) is 0.752. The van der Waals surface area contributed by atoms with E-state index in [2.05, 4.69) is 0 Å². The summed E-state index contributed by atoms with van der Waals surface area (Å²) in [5.74, 6) is 0.575. The lowest BCUT2D eigenvalue weighted by Crippen LogP contribution is -2.38. The third kappa shape index (κ3) is 6.04. The van der Waals surface area contributed by atoms with E-state index >= 15 is 0 Å². The molecule has 1 aliphatic heterocycles. The van der Waals surface area contributed by atoms with E-state index in [9.17, 15) is 14.0 Å². The highest BCUT2D eigenvalue weighted by Gasteiger charge is 2.22. The van der Waals surface area contributed by atoms with Gasteiger partial charge in [-0.05, 0) is 48.7 Å². The first-order valence-electron chi connectivity index (χ1n) is 10.1. The second-order valence-corrected chi connectivity index (χ2v) is 7.17. The molecule has 3 rings (SSSR count). The first-order valence-corrected chi connectivity index (χ1v) is 10.1. The van der Waals surface area contributed by atoms with Gasteiger partial charge in [-0.3, -0.25) is 9.59 Å². The second-order valence-electron chi connectivity index (χ2n) is 7.17. The molecule has 0 N–H and O–H groups in total. The molecule has 6 heteroatoms. The number of amides is 2. The van der Waals surface area contributed by atoms with Crippen LogP contribution in [0.5, 0.6) is 5.75 Å². The van der Waals surface area contributed by atoms with Gasteiger partial charge in [0.1, 0.15) is 11.6 Å². The lowest BCUT2D eigenvalue weighted by atomic mass is 10.1. The van der Waals surface area contributed by atoms with Crippen molar-refractivity contribution >= 4 is 11.8 Å². The highest BCUT2D eigenvalue weighted by atomic mass is 19.1. The average Bonchev–Trinajstić information content (AvgIpc) is 2.98. The number of benzene rings is 2. The molecule has 0 radical (unpaired) electrons. The summed E-state index contributed by atoms with van der Waals surface area (Å²) in [4.78, 5) is 28.9. The van der Waals surface area contributed by atoms with E-state index in [-0.39, 0.29) is 24.1 Å². The molecular formula is C23H27FN2O3. The number of rotatable bonds is 6. The maximum atomic E-state index is 13.0. The predicted molar refractivity (Wildman–Crippen MR) is 109 cm³/mol. The van der Waals surface area contributed by atoms with Crippen LogP contribution >= 0.6 is 0 Å². The zero-order valence-corrected chi connectivity index (χ0v) is 16.8. The molecule has 1 heterocycles. The predicted octanol–water partition coefficient (Wildman–Crippen LogP) is 3.07. The highest BCUT2D eigenvalue weighted by Crippen LogP contribution is 2.14. The minimum Gasteiger partial charge on any atom is -0.494 e. The van der Waals surface area contributed by atoms with Crippen molar-refractivity contribution in [2.45, 2.75) is 26.2 Å². The van der Waals surface area contributed by atoms with E-state index in [1.165, 1.54) is 12.1 Å². The Morgan fingerprint density at radius 3 is 1.79 bits per heavy atom. The van der Waals surface area contributed by atoms with E-state index in [1.807, 2.05) is 36.1 Å². The monoisotopic (exact) mass is 398 g/mol. The highest BCUT2D eigenvalue weighted by molar-refractivity contribution is 5.80. The average molecular weight is 398 g/mol. The number of hydrogen-bond donors (Lipinski definition) is 0. The van der Waals surface area contributed by atoms with E-state index in [4.69, 9.17) is 4.74 Å². The van der Waals surface area contributed by atoms with Crippen LogP contribution in [0.4, 0.5) is 4.39 Å². The molecule has 5 nitrogen and oxygen atoms in total. The third-order valence-corrected chi connectivity index (χ3v) is 5.06. The van der Waals surface area contributed by atoms with Gasteiger partial charge in [-0.1, -0.05) is 24.3 Å². The Labute approximate surface area is 171 Å². The molecule has 1 fully saturated rings. The van der Waals surface area contributed by atoms with Crippen LogP contribution in [0.3, 0.4) is 0 Å². The van der Waals surface area contributed by atoms with Gasteiger partial charge in [-0.25, -0.2) is 4.39 Å². The number of halogens is 1. The summed E-state index contributed by atoms with van der Waals surface area (Å²) in [6, 6.07) is 13.6. The Bertz CT molecular complexity index is 821. The molecule has 0 unspecified atom stereocenters. The summed E-state index contributed by atoms with van der Waals surface area (Å²) in [5.41, 5.74) is 1.75. The van der Waals surface area contributed by atoms with Gasteiger partial charge in [0.15, 0.2) is 0 Å². The van der Waals surface area contributed by atoms with Crippen molar-refractivity contribution in [3.05, 3.63) is 65.5 Å². The fourth-order valence-electron chi connectivity index (χ4n) is 3.46. The largest absolute Gasteiger partial charge is 0.494 e.